The fourth-order valence-electron chi connectivity index (χ4n) is 6.25. The van der Waals surface area contributed by atoms with Gasteiger partial charge in [0.05, 0.1) is 16.8 Å². The first-order valence-electron chi connectivity index (χ1n) is 16.1. The second-order valence-electron chi connectivity index (χ2n) is 12.3. The van der Waals surface area contributed by atoms with Crippen LogP contribution in [0.1, 0.15) is 39.9 Å². The minimum absolute atomic E-state index is 0.0484. The molecule has 2 N–H and O–H groups in total. The number of anilines is 3. The van der Waals surface area contributed by atoms with Crippen molar-refractivity contribution in [1.82, 2.24) is 24.4 Å². The number of rotatable bonds is 8. The summed E-state index contributed by atoms with van der Waals surface area (Å²) in [6.45, 7) is 3.86. The average molecular weight is 662 g/mol. The van der Waals surface area contributed by atoms with Gasteiger partial charge in [-0.2, -0.15) is 13.2 Å². The molecule has 0 atom stereocenters. The Bertz CT molecular complexity index is 2090. The number of carbonyl (C=O) groups is 1. The molecule has 11 heteroatoms. The Hall–Kier alpha value is -5.71. The number of piperidine rings is 1. The molecule has 4 aromatic heterocycles. The van der Waals surface area contributed by atoms with E-state index >= 15 is 0 Å². The normalized spacial score (nSPS) is 13.8. The van der Waals surface area contributed by atoms with Crippen LogP contribution in [0.15, 0.2) is 110 Å². The largest absolute Gasteiger partial charge is 0.416 e. The molecule has 0 spiro atoms. The summed E-state index contributed by atoms with van der Waals surface area (Å²) in [5, 5.41) is 7.36. The number of benzene rings is 2. The Morgan fingerprint density at radius 1 is 0.878 bits per heavy atom. The number of amides is 1. The molecule has 0 bridgehead atoms. The van der Waals surface area contributed by atoms with E-state index in [2.05, 4.69) is 48.4 Å². The van der Waals surface area contributed by atoms with Crippen LogP contribution in [0.3, 0.4) is 0 Å². The van der Waals surface area contributed by atoms with Crippen molar-refractivity contribution in [2.75, 3.05) is 23.7 Å². The van der Waals surface area contributed by atoms with Crippen LogP contribution in [0.4, 0.5) is 30.6 Å². The second kappa shape index (κ2) is 13.4. The standard InChI is InChI=1S/C38H34F3N7O/c1-25-19-32(45-36(20-25)46-35-21-28(13-16-42-35)38(39,40)41)27-11-12-34(43-22-27)44-29-14-17-47(18-15-29)37(49)31-24-48(23-26-7-3-2-4-8-26)33-10-6-5-9-30(31)33/h2-13,16,19-22,24,29H,14-15,17-18,23H2,1H3,(H,43,44)(H,42,45,46). The first-order valence-corrected chi connectivity index (χ1v) is 16.1. The SMILES string of the molecule is Cc1cc(Nc2cc(C(F)(F)F)ccn2)nc(-c2ccc(NC3CCN(C(=O)c4cn(Cc5ccccc5)c5ccccc45)CC3)nc2)c1. The smallest absolute Gasteiger partial charge is 0.367 e. The molecule has 248 valence electrons. The fraction of sp³-hybridized carbons (Fsp3) is 0.211. The molecule has 0 aliphatic carbocycles. The highest BCUT2D eigenvalue weighted by molar-refractivity contribution is 6.07. The quantitative estimate of drug-likeness (QED) is 0.171. The molecule has 0 saturated carbocycles. The number of halogens is 3. The zero-order valence-corrected chi connectivity index (χ0v) is 26.8. The number of nitrogens with zero attached hydrogens (tertiary/aromatic N) is 5. The van der Waals surface area contributed by atoms with E-state index in [0.29, 0.717) is 31.1 Å². The van der Waals surface area contributed by atoms with Crippen molar-refractivity contribution in [3.8, 4) is 11.3 Å². The third-order valence-corrected chi connectivity index (χ3v) is 8.72. The number of para-hydroxylation sites is 1. The van der Waals surface area contributed by atoms with Crippen molar-refractivity contribution in [2.45, 2.75) is 38.5 Å². The Kier molecular flexibility index (Phi) is 8.73. The molecule has 8 nitrogen and oxygen atoms in total. The van der Waals surface area contributed by atoms with Crippen molar-refractivity contribution >= 4 is 34.3 Å². The van der Waals surface area contributed by atoms with Gasteiger partial charge in [-0.15, -0.1) is 0 Å². The fourth-order valence-corrected chi connectivity index (χ4v) is 6.25. The van der Waals surface area contributed by atoms with Crippen LogP contribution in [0.25, 0.3) is 22.2 Å². The highest BCUT2D eigenvalue weighted by Gasteiger charge is 2.31. The maximum absolute atomic E-state index is 13.7. The third kappa shape index (κ3) is 7.25. The Morgan fingerprint density at radius 2 is 1.65 bits per heavy atom. The average Bonchev–Trinajstić information content (AvgIpc) is 3.46. The van der Waals surface area contributed by atoms with Crippen molar-refractivity contribution < 1.29 is 18.0 Å². The predicted octanol–water partition coefficient (Wildman–Crippen LogP) is 8.33. The lowest BCUT2D eigenvalue weighted by Gasteiger charge is -2.32. The highest BCUT2D eigenvalue weighted by Crippen LogP contribution is 2.31. The molecule has 49 heavy (non-hydrogen) atoms. The van der Waals surface area contributed by atoms with Crippen molar-refractivity contribution in [3.05, 3.63) is 132 Å². The maximum Gasteiger partial charge on any atom is 0.416 e. The number of alkyl halides is 3. The van der Waals surface area contributed by atoms with E-state index in [1.54, 1.807) is 12.3 Å². The molecule has 0 unspecified atom stereocenters. The zero-order valence-electron chi connectivity index (χ0n) is 26.8. The zero-order chi connectivity index (χ0) is 34.0. The molecule has 5 heterocycles. The molecule has 1 aliphatic heterocycles. The minimum Gasteiger partial charge on any atom is -0.367 e. The summed E-state index contributed by atoms with van der Waals surface area (Å²) < 4.78 is 41.6. The van der Waals surface area contributed by atoms with Gasteiger partial charge in [0.1, 0.15) is 17.5 Å². The van der Waals surface area contributed by atoms with Gasteiger partial charge in [-0.05, 0) is 73.4 Å². The van der Waals surface area contributed by atoms with E-state index in [4.69, 9.17) is 0 Å². The molecule has 2 aromatic carbocycles. The third-order valence-electron chi connectivity index (χ3n) is 8.72. The minimum atomic E-state index is -4.47. The van der Waals surface area contributed by atoms with Crippen LogP contribution in [0, 0.1) is 6.92 Å². The molecule has 1 fully saturated rings. The lowest BCUT2D eigenvalue weighted by atomic mass is 10.0. The summed E-state index contributed by atoms with van der Waals surface area (Å²) >= 11 is 0. The number of likely N-dealkylation sites (tertiary alicyclic amines) is 1. The number of hydrogen-bond donors (Lipinski definition) is 2. The molecule has 1 aliphatic rings. The van der Waals surface area contributed by atoms with E-state index in [-0.39, 0.29) is 17.8 Å². The lowest BCUT2D eigenvalue weighted by Crippen LogP contribution is -2.42. The molecule has 7 rings (SSSR count). The van der Waals surface area contributed by atoms with Crippen LogP contribution in [0.5, 0.6) is 0 Å². The highest BCUT2D eigenvalue weighted by atomic mass is 19.4. The lowest BCUT2D eigenvalue weighted by molar-refractivity contribution is -0.137. The number of aryl methyl sites for hydroxylation is 1. The van der Waals surface area contributed by atoms with E-state index < -0.39 is 11.7 Å². The van der Waals surface area contributed by atoms with E-state index in [0.717, 1.165) is 64.6 Å². The van der Waals surface area contributed by atoms with E-state index in [1.807, 2.05) is 72.6 Å². The summed E-state index contributed by atoms with van der Waals surface area (Å²) in [5.41, 5.74) is 4.44. The van der Waals surface area contributed by atoms with Gasteiger partial charge in [-0.25, -0.2) is 15.0 Å². The molecule has 1 amide bonds. The van der Waals surface area contributed by atoms with Gasteiger partial charge in [0.2, 0.25) is 0 Å². The Labute approximate surface area is 281 Å². The predicted molar refractivity (Wildman–Crippen MR) is 185 cm³/mol. The number of aromatic nitrogens is 4. The number of fused-ring (bicyclic) bond motifs is 1. The number of carbonyl (C=O) groups excluding carboxylic acids is 1. The molecule has 6 aromatic rings. The van der Waals surface area contributed by atoms with Gasteiger partial charge in [-0.3, -0.25) is 4.79 Å². The summed E-state index contributed by atoms with van der Waals surface area (Å²) in [4.78, 5) is 28.9. The second-order valence-corrected chi connectivity index (χ2v) is 12.3. The Balaban J connectivity index is 0.979. The van der Waals surface area contributed by atoms with Crippen LogP contribution in [-0.4, -0.2) is 49.5 Å². The molecular formula is C38H34F3N7O. The Morgan fingerprint density at radius 3 is 2.41 bits per heavy atom. The number of pyridine rings is 3. The van der Waals surface area contributed by atoms with Crippen LogP contribution >= 0.6 is 0 Å². The van der Waals surface area contributed by atoms with Crippen LogP contribution in [0.2, 0.25) is 0 Å². The molecular weight excluding hydrogens is 627 g/mol. The van der Waals surface area contributed by atoms with Gasteiger partial charge in [0.15, 0.2) is 0 Å². The van der Waals surface area contributed by atoms with Gasteiger partial charge in [0.25, 0.3) is 5.91 Å². The molecule has 0 radical (unpaired) electrons. The van der Waals surface area contributed by atoms with E-state index in [9.17, 15) is 18.0 Å². The number of hydrogen-bond acceptors (Lipinski definition) is 6. The summed E-state index contributed by atoms with van der Waals surface area (Å²) in [6, 6.07) is 27.8. The van der Waals surface area contributed by atoms with E-state index in [1.165, 1.54) is 5.56 Å². The van der Waals surface area contributed by atoms with Crippen LogP contribution < -0.4 is 10.6 Å². The maximum atomic E-state index is 13.7. The first kappa shape index (κ1) is 31.9. The topological polar surface area (TPSA) is 88.0 Å². The van der Waals surface area contributed by atoms with Crippen LogP contribution in [-0.2, 0) is 12.7 Å². The number of nitrogens with one attached hydrogen (secondary N) is 2. The monoisotopic (exact) mass is 661 g/mol. The van der Waals surface area contributed by atoms with Crippen molar-refractivity contribution in [1.29, 1.82) is 0 Å². The van der Waals surface area contributed by atoms with Gasteiger partial charge in [0, 0.05) is 60.7 Å². The molecule has 1 saturated heterocycles. The van der Waals surface area contributed by atoms with Gasteiger partial charge >= 0.3 is 6.18 Å². The first-order chi connectivity index (χ1) is 23.7. The summed E-state index contributed by atoms with van der Waals surface area (Å²) in [5.74, 6) is 1.20. The van der Waals surface area contributed by atoms with Gasteiger partial charge < -0.3 is 20.1 Å². The van der Waals surface area contributed by atoms with Crippen molar-refractivity contribution in [2.24, 2.45) is 0 Å². The van der Waals surface area contributed by atoms with Gasteiger partial charge in [-0.1, -0.05) is 48.5 Å². The summed E-state index contributed by atoms with van der Waals surface area (Å²) in [7, 11) is 0. The van der Waals surface area contributed by atoms with Crippen molar-refractivity contribution in [3.63, 3.8) is 0 Å². The summed E-state index contributed by atoms with van der Waals surface area (Å²) in [6.07, 6.45) is 1.93.